The molecule has 1 heterocycles. The number of alkyl carbamates (subject to hydrolysis) is 1. The van der Waals surface area contributed by atoms with Crippen LogP contribution in [0.3, 0.4) is 0 Å². The number of likely N-dealkylation sites (tertiary alicyclic amines) is 1. The SMILES string of the molecule is CC[C@H](NC(=O)OCC1c2ccccc2-c2ccccc21)C(=O)N1CCC[C@H]1CC(=O)O. The van der Waals surface area contributed by atoms with Gasteiger partial charge in [0.15, 0.2) is 0 Å². The molecule has 7 nitrogen and oxygen atoms in total. The molecule has 2 atom stereocenters. The van der Waals surface area contributed by atoms with Gasteiger partial charge >= 0.3 is 12.1 Å². The summed E-state index contributed by atoms with van der Waals surface area (Å²) in [5.74, 6) is -1.22. The van der Waals surface area contributed by atoms with Crippen molar-refractivity contribution in [1.29, 1.82) is 0 Å². The van der Waals surface area contributed by atoms with Crippen LogP contribution in [0.1, 0.15) is 49.7 Å². The van der Waals surface area contributed by atoms with Crippen LogP contribution in [0, 0.1) is 0 Å². The monoisotopic (exact) mass is 436 g/mol. The molecular formula is C25H28N2O5. The number of carbonyl (C=O) groups excluding carboxylic acids is 2. The maximum absolute atomic E-state index is 13.0. The number of hydrogen-bond acceptors (Lipinski definition) is 4. The van der Waals surface area contributed by atoms with E-state index in [1.807, 2.05) is 31.2 Å². The minimum Gasteiger partial charge on any atom is -0.481 e. The van der Waals surface area contributed by atoms with Crippen LogP contribution in [0.15, 0.2) is 48.5 Å². The highest BCUT2D eigenvalue weighted by atomic mass is 16.5. The van der Waals surface area contributed by atoms with E-state index < -0.39 is 18.1 Å². The Kier molecular flexibility index (Phi) is 6.44. The van der Waals surface area contributed by atoms with Crippen LogP contribution in [-0.4, -0.2) is 53.2 Å². The number of nitrogens with one attached hydrogen (secondary N) is 1. The van der Waals surface area contributed by atoms with E-state index in [0.717, 1.165) is 28.7 Å². The van der Waals surface area contributed by atoms with E-state index >= 15 is 0 Å². The quantitative estimate of drug-likeness (QED) is 0.689. The average Bonchev–Trinajstić information content (AvgIpc) is 3.37. The van der Waals surface area contributed by atoms with Gasteiger partial charge < -0.3 is 20.1 Å². The first-order valence-corrected chi connectivity index (χ1v) is 11.1. The van der Waals surface area contributed by atoms with Crippen LogP contribution < -0.4 is 5.32 Å². The molecule has 0 aromatic heterocycles. The fourth-order valence-corrected chi connectivity index (χ4v) is 4.86. The molecule has 1 saturated heterocycles. The van der Waals surface area contributed by atoms with E-state index in [9.17, 15) is 14.4 Å². The van der Waals surface area contributed by atoms with Gasteiger partial charge in [-0.25, -0.2) is 4.79 Å². The van der Waals surface area contributed by atoms with Crippen LogP contribution in [0.5, 0.6) is 0 Å². The third-order valence-electron chi connectivity index (χ3n) is 6.41. The maximum Gasteiger partial charge on any atom is 0.407 e. The smallest absolute Gasteiger partial charge is 0.407 e. The molecule has 2 aromatic rings. The van der Waals surface area contributed by atoms with Crippen LogP contribution in [0.2, 0.25) is 0 Å². The van der Waals surface area contributed by atoms with E-state index in [1.54, 1.807) is 4.90 Å². The second kappa shape index (κ2) is 9.42. The number of ether oxygens (including phenoxy) is 1. The fourth-order valence-electron chi connectivity index (χ4n) is 4.86. The van der Waals surface area contributed by atoms with Gasteiger partial charge in [-0.1, -0.05) is 55.5 Å². The molecule has 2 N–H and O–H groups in total. The lowest BCUT2D eigenvalue weighted by Gasteiger charge is -2.28. The Morgan fingerprint density at radius 3 is 2.31 bits per heavy atom. The Balaban J connectivity index is 1.39. The predicted octanol–water partition coefficient (Wildman–Crippen LogP) is 3.77. The summed E-state index contributed by atoms with van der Waals surface area (Å²) in [6.45, 7) is 2.50. The molecule has 2 amide bonds. The van der Waals surface area contributed by atoms with Crippen LogP contribution >= 0.6 is 0 Å². The van der Waals surface area contributed by atoms with Gasteiger partial charge in [-0.15, -0.1) is 0 Å². The standard InChI is InChI=1S/C25H28N2O5/c1-2-22(24(30)27-13-7-8-16(27)14-23(28)29)26-25(31)32-15-21-19-11-5-3-9-17(19)18-10-4-6-12-20(18)21/h3-6,9-12,16,21-22H,2,7-8,13-15H2,1H3,(H,26,31)(H,28,29)/t16-,22-/m0/s1. The molecule has 0 saturated carbocycles. The first-order chi connectivity index (χ1) is 15.5. The molecule has 2 aliphatic rings. The second-order valence-corrected chi connectivity index (χ2v) is 8.36. The molecule has 0 spiro atoms. The van der Waals surface area contributed by atoms with Gasteiger partial charge in [-0.2, -0.15) is 0 Å². The number of nitrogens with zero attached hydrogens (tertiary/aromatic N) is 1. The third-order valence-corrected chi connectivity index (χ3v) is 6.41. The molecule has 0 bridgehead atoms. The third kappa shape index (κ3) is 4.33. The number of aliphatic carboxylic acids is 1. The largest absolute Gasteiger partial charge is 0.481 e. The Morgan fingerprint density at radius 1 is 1.09 bits per heavy atom. The second-order valence-electron chi connectivity index (χ2n) is 8.36. The average molecular weight is 437 g/mol. The van der Waals surface area contributed by atoms with Crippen molar-refractivity contribution in [1.82, 2.24) is 10.2 Å². The van der Waals surface area contributed by atoms with Gasteiger partial charge in [0.25, 0.3) is 0 Å². The Hall–Kier alpha value is -3.35. The zero-order valence-electron chi connectivity index (χ0n) is 18.1. The van der Waals surface area contributed by atoms with Crippen molar-refractivity contribution < 1.29 is 24.2 Å². The zero-order chi connectivity index (χ0) is 22.7. The molecule has 0 unspecified atom stereocenters. The molecule has 0 radical (unpaired) electrons. The van der Waals surface area contributed by atoms with Crippen molar-refractivity contribution in [3.05, 3.63) is 59.7 Å². The number of amides is 2. The van der Waals surface area contributed by atoms with E-state index in [0.29, 0.717) is 19.4 Å². The topological polar surface area (TPSA) is 95.9 Å². The molecule has 1 fully saturated rings. The summed E-state index contributed by atoms with van der Waals surface area (Å²) < 4.78 is 5.56. The van der Waals surface area contributed by atoms with Crippen LogP contribution in [0.4, 0.5) is 4.79 Å². The van der Waals surface area contributed by atoms with Crippen molar-refractivity contribution in [3.8, 4) is 11.1 Å². The van der Waals surface area contributed by atoms with E-state index in [4.69, 9.17) is 9.84 Å². The van der Waals surface area contributed by atoms with Crippen molar-refractivity contribution in [3.63, 3.8) is 0 Å². The Morgan fingerprint density at radius 2 is 1.72 bits per heavy atom. The van der Waals surface area contributed by atoms with Crippen molar-refractivity contribution in [2.45, 2.75) is 50.6 Å². The lowest BCUT2D eigenvalue weighted by Crippen LogP contribution is -2.50. The lowest BCUT2D eigenvalue weighted by atomic mass is 9.98. The molecule has 32 heavy (non-hydrogen) atoms. The predicted molar refractivity (Wildman–Crippen MR) is 119 cm³/mol. The molecule has 1 aliphatic carbocycles. The van der Waals surface area contributed by atoms with Crippen molar-refractivity contribution >= 4 is 18.0 Å². The summed E-state index contributed by atoms with van der Waals surface area (Å²) in [4.78, 5) is 38.2. The van der Waals surface area contributed by atoms with E-state index in [2.05, 4.69) is 29.6 Å². The first-order valence-electron chi connectivity index (χ1n) is 11.1. The summed E-state index contributed by atoms with van der Waals surface area (Å²) in [6.07, 6.45) is 1.12. The van der Waals surface area contributed by atoms with Crippen LogP contribution in [0.25, 0.3) is 11.1 Å². The Bertz CT molecular complexity index is 975. The summed E-state index contributed by atoms with van der Waals surface area (Å²) in [7, 11) is 0. The number of carboxylic acids is 1. The van der Waals surface area contributed by atoms with Gasteiger partial charge in [0.1, 0.15) is 12.6 Å². The molecule has 168 valence electrons. The van der Waals surface area contributed by atoms with Gasteiger partial charge in [0, 0.05) is 18.5 Å². The summed E-state index contributed by atoms with van der Waals surface area (Å²) in [6, 6.07) is 15.1. The first kappa shape index (κ1) is 21.9. The molecular weight excluding hydrogens is 408 g/mol. The highest BCUT2D eigenvalue weighted by molar-refractivity contribution is 5.86. The minimum absolute atomic E-state index is 0.0533. The highest BCUT2D eigenvalue weighted by Gasteiger charge is 2.35. The van der Waals surface area contributed by atoms with Crippen LogP contribution in [-0.2, 0) is 14.3 Å². The zero-order valence-corrected chi connectivity index (χ0v) is 18.1. The summed E-state index contributed by atoms with van der Waals surface area (Å²) in [5, 5.41) is 11.8. The maximum atomic E-state index is 13.0. The number of carboxylic acid groups (broad SMARTS) is 1. The van der Waals surface area contributed by atoms with Crippen molar-refractivity contribution in [2.75, 3.05) is 13.2 Å². The van der Waals surface area contributed by atoms with E-state index in [1.165, 1.54) is 0 Å². The molecule has 2 aromatic carbocycles. The summed E-state index contributed by atoms with van der Waals surface area (Å²) in [5.41, 5.74) is 4.55. The number of fused-ring (bicyclic) bond motifs is 3. The number of hydrogen-bond donors (Lipinski definition) is 2. The molecule has 7 heteroatoms. The van der Waals surface area contributed by atoms with Crippen molar-refractivity contribution in [2.24, 2.45) is 0 Å². The number of carbonyl (C=O) groups is 3. The van der Waals surface area contributed by atoms with E-state index in [-0.39, 0.29) is 30.9 Å². The normalized spacial score (nSPS) is 18.0. The lowest BCUT2D eigenvalue weighted by molar-refractivity contribution is -0.140. The fraction of sp³-hybridized carbons (Fsp3) is 0.400. The van der Waals surface area contributed by atoms with Gasteiger partial charge in [-0.05, 0) is 41.5 Å². The highest BCUT2D eigenvalue weighted by Crippen LogP contribution is 2.44. The minimum atomic E-state index is -0.924. The number of benzene rings is 2. The van der Waals surface area contributed by atoms with Gasteiger partial charge in [-0.3, -0.25) is 9.59 Å². The Labute approximate surface area is 187 Å². The molecule has 4 rings (SSSR count). The molecule has 1 aliphatic heterocycles. The van der Waals surface area contributed by atoms with Gasteiger partial charge in [0.05, 0.1) is 6.42 Å². The number of rotatable bonds is 7. The summed E-state index contributed by atoms with van der Waals surface area (Å²) >= 11 is 0. The van der Waals surface area contributed by atoms with Gasteiger partial charge in [0.2, 0.25) is 5.91 Å².